The molecule has 0 radical (unpaired) electrons. The number of ether oxygens (including phenoxy) is 2. The normalized spacial score (nSPS) is 12.9. The predicted octanol–water partition coefficient (Wildman–Crippen LogP) is 2.57. The monoisotopic (exact) mass is 410 g/mol. The molecule has 2 rings (SSSR count). The van der Waals surface area contributed by atoms with Crippen LogP contribution in [0.15, 0.2) is 51.6 Å². The molecule has 0 saturated heterocycles. The van der Waals surface area contributed by atoms with Gasteiger partial charge in [0.25, 0.3) is 10.0 Å². The second-order valence-electron chi connectivity index (χ2n) is 5.75. The Kier molecular flexibility index (Phi) is 7.43. The van der Waals surface area contributed by atoms with Gasteiger partial charge in [-0.05, 0) is 18.1 Å². The molecule has 1 aromatic heterocycles. The molecule has 1 N–H and O–H groups in total. The van der Waals surface area contributed by atoms with E-state index in [0.717, 1.165) is 0 Å². The number of nitrogens with one attached hydrogen (secondary N) is 1. The van der Waals surface area contributed by atoms with E-state index in [2.05, 4.69) is 19.9 Å². The zero-order chi connectivity index (χ0) is 19.9. The van der Waals surface area contributed by atoms with Gasteiger partial charge in [0.15, 0.2) is 5.16 Å². The molecule has 146 valence electrons. The van der Waals surface area contributed by atoms with Crippen LogP contribution in [0.3, 0.4) is 0 Å². The number of sulfonamides is 1. The fourth-order valence-electron chi connectivity index (χ4n) is 1.93. The average Bonchev–Trinajstić information content (AvgIpc) is 2.67. The van der Waals surface area contributed by atoms with Gasteiger partial charge in [0.1, 0.15) is 0 Å². The number of hydrogen-bond acceptors (Lipinski definition) is 8. The molecule has 0 bridgehead atoms. The second kappa shape index (κ2) is 9.56. The third-order valence-corrected chi connectivity index (χ3v) is 5.99. The minimum absolute atomic E-state index is 0.150. The summed E-state index contributed by atoms with van der Waals surface area (Å²) in [4.78, 5) is 10.9. The SMILES string of the molecule is COc1cc(OC)nc(SC(C=NNS(=O)(=O)c2ccccc2)C(C)C)n1. The smallest absolute Gasteiger partial charge is 0.276 e. The first-order chi connectivity index (χ1) is 12.9. The van der Waals surface area contributed by atoms with Gasteiger partial charge in [-0.2, -0.15) is 23.5 Å². The third-order valence-electron chi connectivity index (χ3n) is 3.42. The van der Waals surface area contributed by atoms with Crippen LogP contribution in [0.25, 0.3) is 0 Å². The predicted molar refractivity (Wildman–Crippen MR) is 105 cm³/mol. The zero-order valence-corrected chi connectivity index (χ0v) is 17.1. The molecular formula is C17H22N4O4S2. The Morgan fingerprint density at radius 1 is 1.11 bits per heavy atom. The van der Waals surface area contributed by atoms with Crippen molar-refractivity contribution in [1.82, 2.24) is 14.8 Å². The first-order valence-electron chi connectivity index (χ1n) is 8.09. The summed E-state index contributed by atoms with van der Waals surface area (Å²) >= 11 is 1.34. The Balaban J connectivity index is 2.13. The standard InChI is InChI=1S/C17H22N4O4S2/c1-12(2)14(26-17-19-15(24-3)10-16(20-17)25-4)11-18-21-27(22,23)13-8-6-5-7-9-13/h5-12,14,21H,1-4H3. The summed E-state index contributed by atoms with van der Waals surface area (Å²) in [5.74, 6) is 0.919. The van der Waals surface area contributed by atoms with E-state index in [9.17, 15) is 8.42 Å². The van der Waals surface area contributed by atoms with Gasteiger partial charge in [-0.3, -0.25) is 0 Å². The molecule has 0 amide bonds. The van der Waals surface area contributed by atoms with Gasteiger partial charge in [0.05, 0.1) is 30.4 Å². The highest BCUT2D eigenvalue weighted by atomic mass is 32.2. The molecule has 1 aromatic carbocycles. The summed E-state index contributed by atoms with van der Waals surface area (Å²) in [6, 6.07) is 9.63. The highest BCUT2D eigenvalue weighted by Crippen LogP contribution is 2.27. The molecule has 0 aliphatic rings. The van der Waals surface area contributed by atoms with Crippen LogP contribution in [-0.4, -0.2) is 44.1 Å². The van der Waals surface area contributed by atoms with E-state index >= 15 is 0 Å². The molecule has 0 fully saturated rings. The maximum absolute atomic E-state index is 12.2. The van der Waals surface area contributed by atoms with Crippen LogP contribution >= 0.6 is 11.8 Å². The van der Waals surface area contributed by atoms with Gasteiger partial charge in [0.2, 0.25) is 11.8 Å². The lowest BCUT2D eigenvalue weighted by atomic mass is 10.1. The average molecular weight is 411 g/mol. The number of nitrogens with zero attached hydrogens (tertiary/aromatic N) is 3. The summed E-state index contributed by atoms with van der Waals surface area (Å²) in [5.41, 5.74) is 0. The molecule has 0 aliphatic carbocycles. The van der Waals surface area contributed by atoms with E-state index in [1.807, 2.05) is 13.8 Å². The molecule has 0 spiro atoms. The van der Waals surface area contributed by atoms with Crippen molar-refractivity contribution >= 4 is 28.0 Å². The Bertz CT molecular complexity index is 852. The molecule has 8 nitrogen and oxygen atoms in total. The minimum atomic E-state index is -3.70. The van der Waals surface area contributed by atoms with Crippen molar-refractivity contribution in [3.63, 3.8) is 0 Å². The van der Waals surface area contributed by atoms with E-state index in [-0.39, 0.29) is 16.1 Å². The van der Waals surface area contributed by atoms with Crippen molar-refractivity contribution in [2.45, 2.75) is 29.1 Å². The molecule has 27 heavy (non-hydrogen) atoms. The van der Waals surface area contributed by atoms with Gasteiger partial charge >= 0.3 is 0 Å². The Morgan fingerprint density at radius 3 is 2.22 bits per heavy atom. The van der Waals surface area contributed by atoms with Crippen molar-refractivity contribution in [3.05, 3.63) is 36.4 Å². The van der Waals surface area contributed by atoms with Crippen molar-refractivity contribution in [1.29, 1.82) is 0 Å². The van der Waals surface area contributed by atoms with Crippen LogP contribution in [-0.2, 0) is 10.0 Å². The van der Waals surface area contributed by atoms with E-state index in [0.29, 0.717) is 16.9 Å². The minimum Gasteiger partial charge on any atom is -0.481 e. The zero-order valence-electron chi connectivity index (χ0n) is 15.5. The molecule has 1 atom stereocenters. The summed E-state index contributed by atoms with van der Waals surface area (Å²) in [6.07, 6.45) is 1.53. The number of aromatic nitrogens is 2. The topological polar surface area (TPSA) is 103 Å². The van der Waals surface area contributed by atoms with Crippen molar-refractivity contribution in [2.24, 2.45) is 11.0 Å². The number of hydrogen-bond donors (Lipinski definition) is 1. The van der Waals surface area contributed by atoms with E-state index in [4.69, 9.17) is 9.47 Å². The fourth-order valence-corrected chi connectivity index (χ4v) is 3.67. The fraction of sp³-hybridized carbons (Fsp3) is 0.353. The van der Waals surface area contributed by atoms with E-state index in [1.54, 1.807) is 24.3 Å². The third kappa shape index (κ3) is 6.10. The lowest BCUT2D eigenvalue weighted by molar-refractivity contribution is 0.364. The Morgan fingerprint density at radius 2 is 1.70 bits per heavy atom. The molecule has 0 aliphatic heterocycles. The number of methoxy groups -OCH3 is 2. The number of rotatable bonds is 9. The van der Waals surface area contributed by atoms with Crippen LogP contribution in [0.1, 0.15) is 13.8 Å². The summed E-state index contributed by atoms with van der Waals surface area (Å²) < 4.78 is 34.7. The van der Waals surface area contributed by atoms with E-state index < -0.39 is 10.0 Å². The number of hydrazone groups is 1. The Hall–Kier alpha value is -2.33. The molecule has 10 heteroatoms. The maximum Gasteiger partial charge on any atom is 0.276 e. The molecule has 2 aromatic rings. The van der Waals surface area contributed by atoms with Gasteiger partial charge in [-0.15, -0.1) is 0 Å². The van der Waals surface area contributed by atoms with Gasteiger partial charge in [-0.25, -0.2) is 4.83 Å². The van der Waals surface area contributed by atoms with Crippen LogP contribution in [0, 0.1) is 5.92 Å². The number of thioether (sulfide) groups is 1. The van der Waals surface area contributed by atoms with Crippen molar-refractivity contribution in [3.8, 4) is 11.8 Å². The maximum atomic E-state index is 12.2. The highest BCUT2D eigenvalue weighted by molar-refractivity contribution is 8.00. The molecule has 0 saturated carbocycles. The lowest BCUT2D eigenvalue weighted by Gasteiger charge is -2.15. The summed E-state index contributed by atoms with van der Waals surface area (Å²) in [5, 5.41) is 4.20. The first kappa shape index (κ1) is 21.0. The summed E-state index contributed by atoms with van der Waals surface area (Å²) in [7, 11) is -0.684. The quantitative estimate of drug-likeness (QED) is 0.293. The van der Waals surface area contributed by atoms with Crippen molar-refractivity contribution < 1.29 is 17.9 Å². The Labute approximate surface area is 163 Å². The van der Waals surface area contributed by atoms with Crippen LogP contribution in [0.5, 0.6) is 11.8 Å². The molecule has 1 unspecified atom stereocenters. The van der Waals surface area contributed by atoms with Crippen LogP contribution < -0.4 is 14.3 Å². The first-order valence-corrected chi connectivity index (χ1v) is 10.5. The van der Waals surface area contributed by atoms with Crippen LogP contribution in [0.2, 0.25) is 0 Å². The largest absolute Gasteiger partial charge is 0.481 e. The van der Waals surface area contributed by atoms with E-state index in [1.165, 1.54) is 44.3 Å². The molecular weight excluding hydrogens is 388 g/mol. The van der Waals surface area contributed by atoms with Gasteiger partial charge in [0, 0.05) is 6.21 Å². The molecule has 1 heterocycles. The number of benzene rings is 1. The van der Waals surface area contributed by atoms with Crippen molar-refractivity contribution in [2.75, 3.05) is 14.2 Å². The van der Waals surface area contributed by atoms with Gasteiger partial charge < -0.3 is 9.47 Å². The van der Waals surface area contributed by atoms with Gasteiger partial charge in [-0.1, -0.05) is 43.8 Å². The summed E-state index contributed by atoms with van der Waals surface area (Å²) in [6.45, 7) is 3.99. The van der Waals surface area contributed by atoms with Crippen LogP contribution in [0.4, 0.5) is 0 Å². The second-order valence-corrected chi connectivity index (χ2v) is 8.55. The highest BCUT2D eigenvalue weighted by Gasteiger charge is 2.17. The lowest BCUT2D eigenvalue weighted by Crippen LogP contribution is -2.21.